The van der Waals surface area contributed by atoms with Gasteiger partial charge in [-0.25, -0.2) is 14.8 Å². The van der Waals surface area contributed by atoms with Gasteiger partial charge in [0.1, 0.15) is 11.3 Å². The minimum Gasteiger partial charge on any atom is -0.494 e. The second-order valence-electron chi connectivity index (χ2n) is 9.49. The number of amides is 1. The van der Waals surface area contributed by atoms with E-state index in [1.54, 1.807) is 17.0 Å². The van der Waals surface area contributed by atoms with E-state index in [0.717, 1.165) is 31.0 Å². The molecule has 0 saturated heterocycles. The van der Waals surface area contributed by atoms with E-state index in [2.05, 4.69) is 21.4 Å². The summed E-state index contributed by atoms with van der Waals surface area (Å²) < 4.78 is 47.8. The minimum absolute atomic E-state index is 0.143. The second kappa shape index (κ2) is 11.2. The molecule has 0 atom stereocenters. The number of anilines is 2. The molecule has 2 aromatic rings. The predicted molar refractivity (Wildman–Crippen MR) is 130 cm³/mol. The Balaban J connectivity index is 1.55. The Labute approximate surface area is 217 Å². The summed E-state index contributed by atoms with van der Waals surface area (Å²) in [4.78, 5) is 34.1. The zero-order chi connectivity index (χ0) is 27.3. The first-order valence-electron chi connectivity index (χ1n) is 12.5. The number of halogens is 3. The number of carbonyl (C=O) groups excluding carboxylic acids is 1. The van der Waals surface area contributed by atoms with Crippen molar-refractivity contribution >= 4 is 23.5 Å². The van der Waals surface area contributed by atoms with Crippen molar-refractivity contribution in [1.29, 1.82) is 5.26 Å². The smallest absolute Gasteiger partial charge is 0.434 e. The minimum atomic E-state index is -4.96. The third kappa shape index (κ3) is 5.82. The molecule has 38 heavy (non-hydrogen) atoms. The van der Waals surface area contributed by atoms with Crippen LogP contribution in [0.15, 0.2) is 24.4 Å². The Kier molecular flexibility index (Phi) is 8.04. The van der Waals surface area contributed by atoms with Crippen molar-refractivity contribution in [3.05, 3.63) is 41.2 Å². The number of nitrogens with zero attached hydrogens (tertiary/aromatic N) is 4. The fourth-order valence-electron chi connectivity index (χ4n) is 4.89. The lowest BCUT2D eigenvalue weighted by atomic mass is 9.81. The van der Waals surface area contributed by atoms with Crippen molar-refractivity contribution in [3.8, 4) is 11.8 Å². The summed E-state index contributed by atoms with van der Waals surface area (Å²) in [5.74, 6) is -2.01. The number of carbonyl (C=O) groups is 2. The molecule has 12 heteroatoms. The van der Waals surface area contributed by atoms with Crippen LogP contribution in [0.2, 0.25) is 0 Å². The summed E-state index contributed by atoms with van der Waals surface area (Å²) in [5, 5.41) is 20.6. The van der Waals surface area contributed by atoms with Gasteiger partial charge in [-0.15, -0.1) is 0 Å². The number of hydrogen-bond donors (Lipinski definition) is 2. The number of rotatable bonds is 9. The second-order valence-corrected chi connectivity index (χ2v) is 9.49. The summed E-state index contributed by atoms with van der Waals surface area (Å²) in [6, 6.07) is 7.34. The maximum Gasteiger partial charge on any atom is 0.434 e. The van der Waals surface area contributed by atoms with E-state index < -0.39 is 34.8 Å². The van der Waals surface area contributed by atoms with Crippen LogP contribution in [0, 0.1) is 11.3 Å². The van der Waals surface area contributed by atoms with Crippen LogP contribution in [0.25, 0.3) is 0 Å². The van der Waals surface area contributed by atoms with E-state index in [-0.39, 0.29) is 18.8 Å². The summed E-state index contributed by atoms with van der Waals surface area (Å²) in [6.45, 7) is 0.793. The van der Waals surface area contributed by atoms with E-state index in [0.29, 0.717) is 50.3 Å². The van der Waals surface area contributed by atoms with E-state index >= 15 is 0 Å². The van der Waals surface area contributed by atoms with E-state index in [9.17, 15) is 27.9 Å². The first-order chi connectivity index (χ1) is 18.1. The highest BCUT2D eigenvalue weighted by atomic mass is 19.4. The number of hydrogen-bond acceptors (Lipinski definition) is 7. The molecule has 0 unspecified atom stereocenters. The molecule has 1 aliphatic heterocycles. The lowest BCUT2D eigenvalue weighted by molar-refractivity contribution is -0.145. The summed E-state index contributed by atoms with van der Waals surface area (Å²) in [5.41, 5.74) is -2.34. The predicted octanol–water partition coefficient (Wildman–Crippen LogP) is 4.78. The van der Waals surface area contributed by atoms with E-state index in [4.69, 9.17) is 10.00 Å². The number of carboxylic acids is 1. The number of aliphatic carboxylic acids is 1. The molecule has 1 aromatic heterocycles. The number of nitrogens with one attached hydrogen (secondary N) is 1. The number of carboxylic acid groups (broad SMARTS) is 1. The molecule has 2 aliphatic rings. The molecule has 0 spiro atoms. The van der Waals surface area contributed by atoms with E-state index in [1.807, 2.05) is 6.07 Å². The van der Waals surface area contributed by atoms with Gasteiger partial charge in [0.05, 0.1) is 18.2 Å². The van der Waals surface area contributed by atoms with Crippen LogP contribution >= 0.6 is 0 Å². The normalized spacial score (nSPS) is 16.4. The van der Waals surface area contributed by atoms with Gasteiger partial charge >= 0.3 is 12.1 Å². The van der Waals surface area contributed by atoms with Gasteiger partial charge in [0.15, 0.2) is 5.69 Å². The maximum absolute atomic E-state index is 14.0. The first-order valence-corrected chi connectivity index (χ1v) is 12.5. The number of alkyl halides is 3. The third-order valence-electron chi connectivity index (χ3n) is 6.90. The summed E-state index contributed by atoms with van der Waals surface area (Å²) in [6.07, 6.45) is 0.510. The lowest BCUT2D eigenvalue weighted by Crippen LogP contribution is -2.55. The van der Waals surface area contributed by atoms with E-state index in [1.165, 1.54) is 0 Å². The van der Waals surface area contributed by atoms with Gasteiger partial charge in [-0.3, -0.25) is 4.79 Å². The van der Waals surface area contributed by atoms with Crippen LogP contribution in [0.5, 0.6) is 5.75 Å². The fourth-order valence-corrected chi connectivity index (χ4v) is 4.89. The maximum atomic E-state index is 14.0. The number of fused-ring (bicyclic) bond motifs is 1. The average molecular weight is 532 g/mol. The molecule has 1 fully saturated rings. The topological polar surface area (TPSA) is 128 Å². The fraction of sp³-hybridized carbons (Fsp3) is 0.500. The lowest BCUT2D eigenvalue weighted by Gasteiger charge is -2.34. The Bertz CT molecular complexity index is 1240. The van der Waals surface area contributed by atoms with Crippen molar-refractivity contribution in [2.24, 2.45) is 0 Å². The van der Waals surface area contributed by atoms with Crippen LogP contribution < -0.4 is 15.0 Å². The highest BCUT2D eigenvalue weighted by molar-refractivity contribution is 5.98. The molecule has 202 valence electrons. The van der Waals surface area contributed by atoms with Crippen molar-refractivity contribution in [2.75, 3.05) is 18.1 Å². The number of unbranched alkanes of at least 4 members (excludes halogenated alkanes) is 2. The number of nitriles is 1. The monoisotopic (exact) mass is 531 g/mol. The molecule has 0 bridgehead atoms. The molecule has 9 nitrogen and oxygen atoms in total. The van der Waals surface area contributed by atoms with Crippen LogP contribution in [0.3, 0.4) is 0 Å². The van der Waals surface area contributed by atoms with Gasteiger partial charge in [-0.1, -0.05) is 19.3 Å². The highest BCUT2D eigenvalue weighted by Crippen LogP contribution is 2.38. The zero-order valence-electron chi connectivity index (χ0n) is 20.7. The van der Waals surface area contributed by atoms with Gasteiger partial charge < -0.3 is 20.1 Å². The molecule has 1 aliphatic carbocycles. The molecule has 1 saturated carbocycles. The molecule has 2 N–H and O–H groups in total. The SMILES string of the molecule is N#CCCCCOc1ccc2c(c1)CCN2c1ncc(C(=O)NC2(C(=O)O)CCCCC2)c(C(F)(F)F)n1. The largest absolute Gasteiger partial charge is 0.494 e. The molecule has 4 rings (SSSR count). The highest BCUT2D eigenvalue weighted by Gasteiger charge is 2.44. The quantitative estimate of drug-likeness (QED) is 0.443. The Morgan fingerprint density at radius 1 is 1.21 bits per heavy atom. The van der Waals surface area contributed by atoms with Gasteiger partial charge in [0, 0.05) is 24.8 Å². The van der Waals surface area contributed by atoms with Crippen molar-refractivity contribution in [3.63, 3.8) is 0 Å². The van der Waals surface area contributed by atoms with Gasteiger partial charge in [0.25, 0.3) is 5.91 Å². The van der Waals surface area contributed by atoms with Crippen LogP contribution in [0.1, 0.15) is 73.0 Å². The summed E-state index contributed by atoms with van der Waals surface area (Å²) in [7, 11) is 0. The molecule has 0 radical (unpaired) electrons. The van der Waals surface area contributed by atoms with Crippen molar-refractivity contribution in [2.45, 2.75) is 69.5 Å². The van der Waals surface area contributed by atoms with Gasteiger partial charge in [-0.05, 0) is 55.9 Å². The molecule has 2 heterocycles. The van der Waals surface area contributed by atoms with Crippen molar-refractivity contribution < 1.29 is 32.6 Å². The van der Waals surface area contributed by atoms with Crippen LogP contribution in [0.4, 0.5) is 24.8 Å². The van der Waals surface area contributed by atoms with Crippen molar-refractivity contribution in [1.82, 2.24) is 15.3 Å². The average Bonchev–Trinajstić information content (AvgIpc) is 3.31. The third-order valence-corrected chi connectivity index (χ3v) is 6.90. The zero-order valence-corrected chi connectivity index (χ0v) is 20.7. The number of ether oxygens (including phenoxy) is 1. The van der Waals surface area contributed by atoms with Crippen LogP contribution in [-0.2, 0) is 17.4 Å². The molecule has 1 amide bonds. The Hall–Kier alpha value is -3.88. The van der Waals surface area contributed by atoms with Gasteiger partial charge in [0.2, 0.25) is 5.95 Å². The molecular formula is C26H28F3N5O4. The number of benzene rings is 1. The van der Waals surface area contributed by atoms with Crippen LogP contribution in [-0.4, -0.2) is 45.6 Å². The van der Waals surface area contributed by atoms with Gasteiger partial charge in [-0.2, -0.15) is 18.4 Å². The molecule has 1 aromatic carbocycles. The molecular weight excluding hydrogens is 503 g/mol. The first kappa shape index (κ1) is 27.2. The standard InChI is InChI=1S/C26H28F3N5O4/c27-26(28,29)21-19(22(35)33-25(23(36)37)10-3-1-4-11-25)16-31-24(32-21)34-13-9-17-15-18(7-8-20(17)34)38-14-6-2-5-12-30/h7-8,15-16H,1-6,9-11,13-14H2,(H,33,35)(H,36,37). The number of aromatic nitrogens is 2. The summed E-state index contributed by atoms with van der Waals surface area (Å²) >= 11 is 0. The Morgan fingerprint density at radius 3 is 2.66 bits per heavy atom. The Morgan fingerprint density at radius 2 is 1.97 bits per heavy atom.